The molecule has 1 fully saturated rings. The summed E-state index contributed by atoms with van der Waals surface area (Å²) in [5, 5.41) is 9.96. The Hall–Kier alpha value is -2.31. The summed E-state index contributed by atoms with van der Waals surface area (Å²) >= 11 is 0. The van der Waals surface area contributed by atoms with Crippen molar-refractivity contribution < 1.29 is 9.90 Å². The molecule has 2 N–H and O–H groups in total. The van der Waals surface area contributed by atoms with Crippen LogP contribution in [0.5, 0.6) is 0 Å². The summed E-state index contributed by atoms with van der Waals surface area (Å²) in [4.78, 5) is 26.0. The summed E-state index contributed by atoms with van der Waals surface area (Å²) in [6.07, 6.45) is 3.31. The van der Waals surface area contributed by atoms with Crippen LogP contribution in [0.1, 0.15) is 6.42 Å². The lowest BCUT2D eigenvalue weighted by atomic mass is 10.2. The molecule has 1 saturated heterocycles. The fraction of sp³-hybridized carbons (Fsp3) is 0.417. The summed E-state index contributed by atoms with van der Waals surface area (Å²) in [5.74, 6) is 0.837. The maximum atomic E-state index is 11.0. The van der Waals surface area contributed by atoms with E-state index in [2.05, 4.69) is 15.0 Å². The molecular weight excluding hydrogens is 246 g/mol. The van der Waals surface area contributed by atoms with Crippen molar-refractivity contribution in [2.75, 3.05) is 25.0 Å². The van der Waals surface area contributed by atoms with E-state index in [0.717, 1.165) is 23.3 Å². The van der Waals surface area contributed by atoms with Gasteiger partial charge in [-0.2, -0.15) is 0 Å². The zero-order valence-corrected chi connectivity index (χ0v) is 10.6. The van der Waals surface area contributed by atoms with E-state index >= 15 is 0 Å². The Morgan fingerprint density at radius 1 is 1.58 bits per heavy atom. The maximum Gasteiger partial charge on any atom is 0.407 e. The summed E-state index contributed by atoms with van der Waals surface area (Å²) < 4.78 is 0. The van der Waals surface area contributed by atoms with E-state index in [-0.39, 0.29) is 6.04 Å². The highest BCUT2D eigenvalue weighted by atomic mass is 16.4. The third kappa shape index (κ3) is 1.96. The second kappa shape index (κ2) is 4.42. The predicted molar refractivity (Wildman–Crippen MR) is 70.3 cm³/mol. The zero-order chi connectivity index (χ0) is 13.4. The second-order valence-corrected chi connectivity index (χ2v) is 4.72. The molecule has 0 bridgehead atoms. The van der Waals surface area contributed by atoms with Gasteiger partial charge in [0.15, 0.2) is 0 Å². The summed E-state index contributed by atoms with van der Waals surface area (Å²) in [6, 6.07) is 2.09. The summed E-state index contributed by atoms with van der Waals surface area (Å²) in [5.41, 5.74) is 0.796. The van der Waals surface area contributed by atoms with Crippen LogP contribution in [0.25, 0.3) is 11.0 Å². The van der Waals surface area contributed by atoms with E-state index in [1.165, 1.54) is 11.2 Å². The number of likely N-dealkylation sites (N-methyl/N-ethyl adjacent to an activating group) is 1. The lowest BCUT2D eigenvalue weighted by molar-refractivity contribution is 0.155. The van der Waals surface area contributed by atoms with Gasteiger partial charge in [-0.3, -0.25) is 0 Å². The topological polar surface area (TPSA) is 85.4 Å². The van der Waals surface area contributed by atoms with Gasteiger partial charge in [-0.1, -0.05) is 0 Å². The number of nitrogens with zero attached hydrogens (tertiary/aromatic N) is 4. The minimum Gasteiger partial charge on any atom is -0.465 e. The van der Waals surface area contributed by atoms with Gasteiger partial charge in [-0.15, -0.1) is 0 Å². The molecule has 1 amide bonds. The number of fused-ring (bicyclic) bond motifs is 1. The van der Waals surface area contributed by atoms with Crippen molar-refractivity contribution >= 4 is 22.9 Å². The number of likely N-dealkylation sites (tertiary alicyclic amines) is 1. The van der Waals surface area contributed by atoms with Crippen LogP contribution in [0, 0.1) is 0 Å². The van der Waals surface area contributed by atoms with Crippen molar-refractivity contribution in [1.82, 2.24) is 19.9 Å². The number of H-pyrrole nitrogens is 1. The third-order valence-electron chi connectivity index (χ3n) is 3.65. The van der Waals surface area contributed by atoms with Gasteiger partial charge < -0.3 is 19.9 Å². The van der Waals surface area contributed by atoms with Crippen molar-refractivity contribution in [2.24, 2.45) is 0 Å². The molecule has 19 heavy (non-hydrogen) atoms. The number of aromatic amines is 1. The van der Waals surface area contributed by atoms with Crippen molar-refractivity contribution in [3.8, 4) is 0 Å². The minimum atomic E-state index is -0.856. The maximum absolute atomic E-state index is 11.0. The molecule has 7 heteroatoms. The van der Waals surface area contributed by atoms with Crippen LogP contribution in [0.15, 0.2) is 18.6 Å². The molecule has 2 aromatic heterocycles. The molecule has 0 aliphatic carbocycles. The molecule has 1 aliphatic heterocycles. The van der Waals surface area contributed by atoms with E-state index < -0.39 is 6.09 Å². The van der Waals surface area contributed by atoms with Crippen LogP contribution < -0.4 is 4.90 Å². The molecule has 1 unspecified atom stereocenters. The fourth-order valence-electron chi connectivity index (χ4n) is 2.54. The quantitative estimate of drug-likeness (QED) is 0.847. The number of amides is 1. The highest BCUT2D eigenvalue weighted by molar-refractivity contribution is 5.87. The lowest BCUT2D eigenvalue weighted by Crippen LogP contribution is -2.36. The van der Waals surface area contributed by atoms with Crippen LogP contribution >= 0.6 is 0 Å². The molecule has 1 aliphatic rings. The van der Waals surface area contributed by atoms with E-state index in [1.54, 1.807) is 0 Å². The molecular formula is C12H15N5O2. The normalized spacial score (nSPS) is 19.0. The largest absolute Gasteiger partial charge is 0.465 e. The number of carboxylic acid groups (broad SMARTS) is 1. The number of rotatable bonds is 2. The van der Waals surface area contributed by atoms with Crippen molar-refractivity contribution in [2.45, 2.75) is 12.5 Å². The van der Waals surface area contributed by atoms with E-state index in [0.29, 0.717) is 13.1 Å². The van der Waals surface area contributed by atoms with Crippen LogP contribution in [-0.4, -0.2) is 57.2 Å². The van der Waals surface area contributed by atoms with Gasteiger partial charge in [0.05, 0.1) is 5.39 Å². The highest BCUT2D eigenvalue weighted by Gasteiger charge is 2.29. The van der Waals surface area contributed by atoms with E-state index in [1.807, 2.05) is 24.2 Å². The number of anilines is 1. The molecule has 0 radical (unpaired) electrons. The summed E-state index contributed by atoms with van der Waals surface area (Å²) in [7, 11) is 1.95. The average Bonchev–Trinajstić information content (AvgIpc) is 3.06. The van der Waals surface area contributed by atoms with Crippen molar-refractivity contribution in [1.29, 1.82) is 0 Å². The van der Waals surface area contributed by atoms with Crippen LogP contribution in [0.4, 0.5) is 10.6 Å². The van der Waals surface area contributed by atoms with Gasteiger partial charge >= 0.3 is 6.09 Å². The molecule has 0 aromatic carbocycles. The molecule has 7 nitrogen and oxygen atoms in total. The predicted octanol–water partition coefficient (Wildman–Crippen LogP) is 1.15. The first-order chi connectivity index (χ1) is 9.16. The Kier molecular flexibility index (Phi) is 2.73. The lowest BCUT2D eigenvalue weighted by Gasteiger charge is -2.25. The Labute approximate surface area is 109 Å². The Morgan fingerprint density at radius 3 is 3.16 bits per heavy atom. The van der Waals surface area contributed by atoms with Gasteiger partial charge in [0.25, 0.3) is 0 Å². The van der Waals surface area contributed by atoms with Crippen LogP contribution in [0.3, 0.4) is 0 Å². The smallest absolute Gasteiger partial charge is 0.407 e. The van der Waals surface area contributed by atoms with Gasteiger partial charge in [0.2, 0.25) is 0 Å². The first-order valence-electron chi connectivity index (χ1n) is 6.15. The van der Waals surface area contributed by atoms with Gasteiger partial charge in [-0.25, -0.2) is 14.8 Å². The van der Waals surface area contributed by atoms with Crippen LogP contribution in [-0.2, 0) is 0 Å². The fourth-order valence-corrected chi connectivity index (χ4v) is 2.54. The molecule has 3 heterocycles. The molecule has 100 valence electrons. The molecule has 1 atom stereocenters. The van der Waals surface area contributed by atoms with Gasteiger partial charge in [-0.05, 0) is 12.5 Å². The molecule has 0 saturated carbocycles. The van der Waals surface area contributed by atoms with Crippen molar-refractivity contribution in [3.63, 3.8) is 0 Å². The van der Waals surface area contributed by atoms with Gasteiger partial charge in [0.1, 0.15) is 17.8 Å². The Balaban J connectivity index is 1.86. The highest BCUT2D eigenvalue weighted by Crippen LogP contribution is 2.25. The first-order valence-corrected chi connectivity index (χ1v) is 6.15. The number of carbonyl (C=O) groups is 1. The average molecular weight is 261 g/mol. The monoisotopic (exact) mass is 261 g/mol. The molecule has 0 spiro atoms. The number of aromatic nitrogens is 3. The van der Waals surface area contributed by atoms with Crippen LogP contribution in [0.2, 0.25) is 0 Å². The standard InChI is InChI=1S/C12H15N5O2/c1-16(8-3-5-17(6-8)12(18)19)11-9-2-4-13-10(9)14-7-15-11/h2,4,7-8H,3,5-6H2,1H3,(H,18,19)(H,13,14,15). The number of hydrogen-bond acceptors (Lipinski definition) is 4. The second-order valence-electron chi connectivity index (χ2n) is 4.72. The minimum absolute atomic E-state index is 0.157. The molecule has 3 rings (SSSR count). The zero-order valence-electron chi connectivity index (χ0n) is 10.6. The van der Waals surface area contributed by atoms with E-state index in [9.17, 15) is 4.79 Å². The first kappa shape index (κ1) is 11.8. The summed E-state index contributed by atoms with van der Waals surface area (Å²) in [6.45, 7) is 1.09. The SMILES string of the molecule is CN(c1ncnc2[nH]ccc12)C1CCN(C(=O)O)C1. The Bertz CT molecular complexity index is 611. The van der Waals surface area contributed by atoms with E-state index in [4.69, 9.17) is 5.11 Å². The number of nitrogens with one attached hydrogen (secondary N) is 1. The number of hydrogen-bond donors (Lipinski definition) is 2. The molecule has 2 aromatic rings. The Morgan fingerprint density at radius 2 is 2.42 bits per heavy atom. The van der Waals surface area contributed by atoms with Crippen molar-refractivity contribution in [3.05, 3.63) is 18.6 Å². The third-order valence-corrected chi connectivity index (χ3v) is 3.65. The van der Waals surface area contributed by atoms with Gasteiger partial charge in [0, 0.05) is 32.4 Å².